The monoisotopic (exact) mass is 284 g/mol. The number of hydrogen-bond donors (Lipinski definition) is 1. The molecule has 1 saturated heterocycles. The first-order valence-corrected chi connectivity index (χ1v) is 8.74. The molecule has 2 rings (SSSR count). The zero-order chi connectivity index (χ0) is 12.8. The summed E-state index contributed by atoms with van der Waals surface area (Å²) in [5.74, 6) is 1.31. The fourth-order valence-corrected chi connectivity index (χ4v) is 4.37. The second kappa shape index (κ2) is 7.53. The lowest BCUT2D eigenvalue weighted by Gasteiger charge is -2.31. The van der Waals surface area contributed by atoms with Gasteiger partial charge in [-0.05, 0) is 25.5 Å². The van der Waals surface area contributed by atoms with Crippen LogP contribution in [-0.2, 0) is 6.54 Å². The highest BCUT2D eigenvalue weighted by Gasteiger charge is 2.17. The van der Waals surface area contributed by atoms with E-state index < -0.39 is 0 Å². The fourth-order valence-electron chi connectivity index (χ4n) is 2.26. The minimum Gasteiger partial charge on any atom is -0.311 e. The predicted molar refractivity (Wildman–Crippen MR) is 83.7 cm³/mol. The van der Waals surface area contributed by atoms with Gasteiger partial charge in [0.25, 0.3) is 0 Å². The molecular weight excluding hydrogens is 260 g/mol. The Labute approximate surface area is 119 Å². The average molecular weight is 284 g/mol. The summed E-state index contributed by atoms with van der Waals surface area (Å²) in [7, 11) is 0. The number of hydrogen-bond acceptors (Lipinski definition) is 4. The maximum absolute atomic E-state index is 3.56. The largest absolute Gasteiger partial charge is 0.311 e. The Kier molecular flexibility index (Phi) is 6.02. The van der Waals surface area contributed by atoms with Crippen molar-refractivity contribution >= 4 is 23.1 Å². The molecule has 102 valence electrons. The van der Waals surface area contributed by atoms with Crippen LogP contribution in [0.15, 0.2) is 12.1 Å². The lowest BCUT2D eigenvalue weighted by atomic mass is 10.3. The number of rotatable bonds is 6. The first-order valence-electron chi connectivity index (χ1n) is 6.88. The van der Waals surface area contributed by atoms with Gasteiger partial charge >= 0.3 is 0 Å². The van der Waals surface area contributed by atoms with Crippen molar-refractivity contribution in [1.82, 2.24) is 10.2 Å². The molecule has 1 unspecified atom stereocenters. The van der Waals surface area contributed by atoms with Crippen LogP contribution in [0.25, 0.3) is 0 Å². The molecule has 1 N–H and O–H groups in total. The molecule has 2 heterocycles. The van der Waals surface area contributed by atoms with E-state index >= 15 is 0 Å². The van der Waals surface area contributed by atoms with Gasteiger partial charge in [0.1, 0.15) is 0 Å². The molecule has 1 aliphatic heterocycles. The summed E-state index contributed by atoms with van der Waals surface area (Å²) in [6.45, 7) is 10.3. The van der Waals surface area contributed by atoms with E-state index in [0.29, 0.717) is 0 Å². The highest BCUT2D eigenvalue weighted by Crippen LogP contribution is 2.20. The molecule has 1 atom stereocenters. The first-order chi connectivity index (χ1) is 8.78. The van der Waals surface area contributed by atoms with Crippen molar-refractivity contribution in [2.75, 3.05) is 31.9 Å². The standard InChI is InChI=1S/C14H24N2S2/c1-3-13-11-16(8-9-17-13)7-6-15-10-14-5-4-12(2)18-14/h4-5,13,15H,3,6-11H2,1-2H3. The van der Waals surface area contributed by atoms with Crippen LogP contribution in [0.3, 0.4) is 0 Å². The summed E-state index contributed by atoms with van der Waals surface area (Å²) < 4.78 is 0. The topological polar surface area (TPSA) is 15.3 Å². The molecule has 0 aliphatic carbocycles. The van der Waals surface area contributed by atoms with Crippen LogP contribution < -0.4 is 5.32 Å². The van der Waals surface area contributed by atoms with Crippen LogP contribution in [0.5, 0.6) is 0 Å². The van der Waals surface area contributed by atoms with Crippen molar-refractivity contribution in [2.45, 2.75) is 32.1 Å². The van der Waals surface area contributed by atoms with Crippen LogP contribution in [-0.4, -0.2) is 42.1 Å². The molecule has 1 aromatic heterocycles. The first kappa shape index (κ1) is 14.4. The van der Waals surface area contributed by atoms with E-state index in [9.17, 15) is 0 Å². The van der Waals surface area contributed by atoms with E-state index in [1.165, 1.54) is 41.6 Å². The van der Waals surface area contributed by atoms with Crippen LogP contribution in [0.4, 0.5) is 0 Å². The third kappa shape index (κ3) is 4.57. The molecule has 1 aromatic rings. The van der Waals surface area contributed by atoms with Crippen molar-refractivity contribution in [3.05, 3.63) is 21.9 Å². The Balaban J connectivity index is 1.60. The molecule has 0 amide bonds. The third-order valence-electron chi connectivity index (χ3n) is 3.38. The summed E-state index contributed by atoms with van der Waals surface area (Å²) >= 11 is 4.04. The molecule has 0 saturated carbocycles. The number of thioether (sulfide) groups is 1. The number of thiophene rings is 1. The van der Waals surface area contributed by atoms with Crippen LogP contribution >= 0.6 is 23.1 Å². The zero-order valence-electron chi connectivity index (χ0n) is 11.4. The van der Waals surface area contributed by atoms with E-state index in [4.69, 9.17) is 0 Å². The zero-order valence-corrected chi connectivity index (χ0v) is 13.1. The number of aryl methyl sites for hydroxylation is 1. The van der Waals surface area contributed by atoms with E-state index in [0.717, 1.165) is 18.3 Å². The van der Waals surface area contributed by atoms with Gasteiger partial charge < -0.3 is 10.2 Å². The van der Waals surface area contributed by atoms with Gasteiger partial charge in [-0.3, -0.25) is 0 Å². The SMILES string of the molecule is CCC1CN(CCNCc2ccc(C)s2)CCS1. The van der Waals surface area contributed by atoms with Gasteiger partial charge in [0, 0.05) is 53.5 Å². The van der Waals surface area contributed by atoms with Crippen molar-refractivity contribution < 1.29 is 0 Å². The van der Waals surface area contributed by atoms with E-state index in [-0.39, 0.29) is 0 Å². The molecular formula is C14H24N2S2. The van der Waals surface area contributed by atoms with Crippen LogP contribution in [0, 0.1) is 6.92 Å². The highest BCUT2D eigenvalue weighted by molar-refractivity contribution is 8.00. The minimum absolute atomic E-state index is 0.860. The Bertz CT molecular complexity index is 351. The molecule has 0 bridgehead atoms. The lowest BCUT2D eigenvalue weighted by molar-refractivity contribution is 0.280. The summed E-state index contributed by atoms with van der Waals surface area (Å²) in [5.41, 5.74) is 0. The van der Waals surface area contributed by atoms with Crippen molar-refractivity contribution in [3.63, 3.8) is 0 Å². The summed E-state index contributed by atoms with van der Waals surface area (Å²) in [6.07, 6.45) is 1.31. The van der Waals surface area contributed by atoms with Crippen molar-refractivity contribution in [3.8, 4) is 0 Å². The van der Waals surface area contributed by atoms with E-state index in [2.05, 4.69) is 48.0 Å². The normalized spacial score (nSPS) is 21.3. The molecule has 1 fully saturated rings. The van der Waals surface area contributed by atoms with Gasteiger partial charge in [0.15, 0.2) is 0 Å². The van der Waals surface area contributed by atoms with Crippen molar-refractivity contribution in [2.24, 2.45) is 0 Å². The molecule has 4 heteroatoms. The number of nitrogens with one attached hydrogen (secondary N) is 1. The quantitative estimate of drug-likeness (QED) is 0.809. The smallest absolute Gasteiger partial charge is 0.0300 e. The third-order valence-corrected chi connectivity index (χ3v) is 5.75. The lowest BCUT2D eigenvalue weighted by Crippen LogP contribution is -2.41. The van der Waals surface area contributed by atoms with Gasteiger partial charge in [-0.1, -0.05) is 6.92 Å². The van der Waals surface area contributed by atoms with E-state index in [1.807, 2.05) is 11.3 Å². The highest BCUT2D eigenvalue weighted by atomic mass is 32.2. The molecule has 0 radical (unpaired) electrons. The molecule has 2 nitrogen and oxygen atoms in total. The Morgan fingerprint density at radius 3 is 3.06 bits per heavy atom. The van der Waals surface area contributed by atoms with E-state index in [1.54, 1.807) is 0 Å². The van der Waals surface area contributed by atoms with Gasteiger partial charge in [-0.25, -0.2) is 0 Å². The average Bonchev–Trinajstić information content (AvgIpc) is 2.81. The Morgan fingerprint density at radius 1 is 1.44 bits per heavy atom. The summed E-state index contributed by atoms with van der Waals surface area (Å²) in [4.78, 5) is 5.47. The maximum atomic E-state index is 3.56. The molecule has 0 spiro atoms. The fraction of sp³-hybridized carbons (Fsp3) is 0.714. The molecule has 18 heavy (non-hydrogen) atoms. The van der Waals surface area contributed by atoms with Gasteiger partial charge in [0.2, 0.25) is 0 Å². The van der Waals surface area contributed by atoms with Gasteiger partial charge in [-0.15, -0.1) is 11.3 Å². The Hall–Kier alpha value is -0.0300. The summed E-state index contributed by atoms with van der Waals surface area (Å²) in [5, 5.41) is 4.42. The molecule has 1 aliphatic rings. The Morgan fingerprint density at radius 2 is 2.33 bits per heavy atom. The minimum atomic E-state index is 0.860. The second-order valence-corrected chi connectivity index (χ2v) is 7.67. The summed E-state index contributed by atoms with van der Waals surface area (Å²) in [6, 6.07) is 4.44. The second-order valence-electron chi connectivity index (χ2n) is 4.89. The maximum Gasteiger partial charge on any atom is 0.0300 e. The van der Waals surface area contributed by atoms with Gasteiger partial charge in [0.05, 0.1) is 0 Å². The van der Waals surface area contributed by atoms with Crippen LogP contribution in [0.2, 0.25) is 0 Å². The van der Waals surface area contributed by atoms with Gasteiger partial charge in [-0.2, -0.15) is 11.8 Å². The number of nitrogens with zero attached hydrogens (tertiary/aromatic N) is 1. The predicted octanol–water partition coefficient (Wildman–Crippen LogP) is 2.97. The van der Waals surface area contributed by atoms with Crippen LogP contribution in [0.1, 0.15) is 23.1 Å². The van der Waals surface area contributed by atoms with Crippen molar-refractivity contribution in [1.29, 1.82) is 0 Å². The molecule has 0 aromatic carbocycles.